The average Bonchev–Trinajstić information content (AvgIpc) is 2.69. The maximum Gasteiger partial charge on any atom is 0.201 e. The van der Waals surface area contributed by atoms with Crippen LogP contribution in [0.4, 0.5) is 5.95 Å². The largest absolute Gasteiger partial charge is 0.388 e. The lowest BCUT2D eigenvalue weighted by Crippen LogP contribution is -2.38. The Bertz CT molecular complexity index is 469. The Morgan fingerprint density at radius 3 is 2.76 bits per heavy atom. The Morgan fingerprint density at radius 2 is 2.12 bits per heavy atom. The summed E-state index contributed by atoms with van der Waals surface area (Å²) in [5, 5.41) is 13.3. The van der Waals surface area contributed by atoms with Gasteiger partial charge in [0.2, 0.25) is 5.95 Å². The molecule has 3 N–H and O–H groups in total. The van der Waals surface area contributed by atoms with Crippen molar-refractivity contribution in [2.45, 2.75) is 26.4 Å². The molecule has 1 heterocycles. The van der Waals surface area contributed by atoms with Gasteiger partial charge >= 0.3 is 0 Å². The number of fused-ring (bicyclic) bond motifs is 1. The zero-order valence-electron chi connectivity index (χ0n) is 10.5. The second-order valence-corrected chi connectivity index (χ2v) is 4.97. The molecule has 1 unspecified atom stereocenters. The number of H-pyrrole nitrogens is 1. The molecule has 1 atom stereocenters. The highest BCUT2D eigenvalue weighted by molar-refractivity contribution is 5.77. The molecular formula is C13H19N3O. The third-order valence-electron chi connectivity index (χ3n) is 3.25. The molecule has 92 valence electrons. The maximum atomic E-state index is 10.1. The quantitative estimate of drug-likeness (QED) is 0.760. The van der Waals surface area contributed by atoms with Gasteiger partial charge in [-0.1, -0.05) is 26.0 Å². The van der Waals surface area contributed by atoms with E-state index in [2.05, 4.69) is 15.3 Å². The van der Waals surface area contributed by atoms with Gasteiger partial charge in [-0.2, -0.15) is 0 Å². The van der Waals surface area contributed by atoms with Crippen molar-refractivity contribution in [1.29, 1.82) is 0 Å². The SMILES string of the molecule is CC(C)C(C)(O)CNc1nc2ccccc2[nH]1. The van der Waals surface area contributed by atoms with Gasteiger partial charge < -0.3 is 15.4 Å². The predicted molar refractivity (Wildman–Crippen MR) is 70.0 cm³/mol. The molecule has 4 nitrogen and oxygen atoms in total. The summed E-state index contributed by atoms with van der Waals surface area (Å²) in [5.41, 5.74) is 1.19. The first-order valence-corrected chi connectivity index (χ1v) is 5.90. The van der Waals surface area contributed by atoms with Gasteiger partial charge in [0.15, 0.2) is 0 Å². The Labute approximate surface area is 101 Å². The molecule has 0 saturated heterocycles. The fourth-order valence-electron chi connectivity index (χ4n) is 1.50. The second-order valence-electron chi connectivity index (χ2n) is 4.97. The van der Waals surface area contributed by atoms with E-state index >= 15 is 0 Å². The number of aromatic nitrogens is 2. The summed E-state index contributed by atoms with van der Waals surface area (Å²) in [7, 11) is 0. The first-order chi connectivity index (χ1) is 7.99. The fourth-order valence-corrected chi connectivity index (χ4v) is 1.50. The van der Waals surface area contributed by atoms with Gasteiger partial charge in [0.25, 0.3) is 0 Å². The highest BCUT2D eigenvalue weighted by Gasteiger charge is 2.24. The van der Waals surface area contributed by atoms with Crippen LogP contribution in [0.5, 0.6) is 0 Å². The highest BCUT2D eigenvalue weighted by atomic mass is 16.3. The number of hydrogen-bond donors (Lipinski definition) is 3. The lowest BCUT2D eigenvalue weighted by Gasteiger charge is -2.27. The van der Waals surface area contributed by atoms with Crippen molar-refractivity contribution in [1.82, 2.24) is 9.97 Å². The molecule has 0 radical (unpaired) electrons. The first kappa shape index (κ1) is 11.9. The van der Waals surface area contributed by atoms with Crippen LogP contribution in [-0.4, -0.2) is 27.2 Å². The molecule has 1 aromatic carbocycles. The van der Waals surface area contributed by atoms with Crippen LogP contribution in [0.1, 0.15) is 20.8 Å². The van der Waals surface area contributed by atoms with Crippen LogP contribution in [0.25, 0.3) is 11.0 Å². The summed E-state index contributed by atoms with van der Waals surface area (Å²) in [6.45, 7) is 6.30. The zero-order chi connectivity index (χ0) is 12.5. The van der Waals surface area contributed by atoms with Gasteiger partial charge in [-0.25, -0.2) is 4.98 Å². The van der Waals surface area contributed by atoms with E-state index in [0.29, 0.717) is 12.5 Å². The number of aliphatic hydroxyl groups is 1. The summed E-state index contributed by atoms with van der Waals surface area (Å²) in [6.07, 6.45) is 0. The van der Waals surface area contributed by atoms with E-state index in [-0.39, 0.29) is 5.92 Å². The number of hydrogen-bond acceptors (Lipinski definition) is 3. The molecule has 1 aromatic heterocycles. The first-order valence-electron chi connectivity index (χ1n) is 5.90. The van der Waals surface area contributed by atoms with Crippen molar-refractivity contribution in [2.24, 2.45) is 5.92 Å². The molecule has 0 aliphatic rings. The number of rotatable bonds is 4. The summed E-state index contributed by atoms with van der Waals surface area (Å²) in [5.74, 6) is 0.895. The van der Waals surface area contributed by atoms with Crippen LogP contribution in [0.3, 0.4) is 0 Å². The van der Waals surface area contributed by atoms with E-state index in [9.17, 15) is 5.11 Å². The number of anilines is 1. The standard InChI is InChI=1S/C13H19N3O/c1-9(2)13(3,17)8-14-12-15-10-6-4-5-7-11(10)16-12/h4-7,9,17H,8H2,1-3H3,(H2,14,15,16). The summed E-state index contributed by atoms with van der Waals surface area (Å²) < 4.78 is 0. The third kappa shape index (κ3) is 2.58. The molecule has 17 heavy (non-hydrogen) atoms. The minimum atomic E-state index is -0.737. The lowest BCUT2D eigenvalue weighted by atomic mass is 9.93. The molecule has 0 amide bonds. The third-order valence-corrected chi connectivity index (χ3v) is 3.25. The number of aromatic amines is 1. The topological polar surface area (TPSA) is 60.9 Å². The molecule has 4 heteroatoms. The molecule has 0 bridgehead atoms. The molecular weight excluding hydrogens is 214 g/mol. The minimum Gasteiger partial charge on any atom is -0.388 e. The van der Waals surface area contributed by atoms with E-state index in [1.807, 2.05) is 45.0 Å². The van der Waals surface area contributed by atoms with E-state index in [1.54, 1.807) is 0 Å². The Kier molecular flexibility index (Phi) is 3.07. The van der Waals surface area contributed by atoms with Crippen molar-refractivity contribution in [3.63, 3.8) is 0 Å². The van der Waals surface area contributed by atoms with Crippen molar-refractivity contribution in [2.75, 3.05) is 11.9 Å². The highest BCUT2D eigenvalue weighted by Crippen LogP contribution is 2.18. The van der Waals surface area contributed by atoms with Crippen LogP contribution in [0, 0.1) is 5.92 Å². The number of para-hydroxylation sites is 2. The Balaban J connectivity index is 2.09. The maximum absolute atomic E-state index is 10.1. The van der Waals surface area contributed by atoms with Gasteiger partial charge in [-0.3, -0.25) is 0 Å². The van der Waals surface area contributed by atoms with E-state index < -0.39 is 5.60 Å². The van der Waals surface area contributed by atoms with Crippen LogP contribution in [0.2, 0.25) is 0 Å². The van der Waals surface area contributed by atoms with Crippen molar-refractivity contribution >= 4 is 17.0 Å². The van der Waals surface area contributed by atoms with Crippen LogP contribution >= 0.6 is 0 Å². The predicted octanol–water partition coefficient (Wildman–Crippen LogP) is 2.38. The van der Waals surface area contributed by atoms with Crippen LogP contribution in [0.15, 0.2) is 24.3 Å². The molecule has 2 rings (SSSR count). The fraction of sp³-hybridized carbons (Fsp3) is 0.462. The number of benzene rings is 1. The number of nitrogens with zero attached hydrogens (tertiary/aromatic N) is 1. The van der Waals surface area contributed by atoms with Crippen molar-refractivity contribution < 1.29 is 5.11 Å². The summed E-state index contributed by atoms with van der Waals surface area (Å²) in [6, 6.07) is 7.86. The Morgan fingerprint density at radius 1 is 1.41 bits per heavy atom. The second kappa shape index (κ2) is 4.37. The zero-order valence-corrected chi connectivity index (χ0v) is 10.5. The minimum absolute atomic E-state index is 0.194. The van der Waals surface area contributed by atoms with E-state index in [0.717, 1.165) is 11.0 Å². The van der Waals surface area contributed by atoms with E-state index in [4.69, 9.17) is 0 Å². The number of imidazole rings is 1. The molecule has 0 saturated carbocycles. The average molecular weight is 233 g/mol. The van der Waals surface area contributed by atoms with E-state index in [1.165, 1.54) is 0 Å². The van der Waals surface area contributed by atoms with Crippen molar-refractivity contribution in [3.8, 4) is 0 Å². The number of nitrogens with one attached hydrogen (secondary N) is 2. The molecule has 2 aromatic rings. The molecule has 0 fully saturated rings. The van der Waals surface area contributed by atoms with Crippen molar-refractivity contribution in [3.05, 3.63) is 24.3 Å². The van der Waals surface area contributed by atoms with Gasteiger partial charge in [-0.15, -0.1) is 0 Å². The normalized spacial score (nSPS) is 15.1. The smallest absolute Gasteiger partial charge is 0.201 e. The monoisotopic (exact) mass is 233 g/mol. The van der Waals surface area contributed by atoms with Gasteiger partial charge in [0.1, 0.15) is 0 Å². The summed E-state index contributed by atoms with van der Waals surface area (Å²) >= 11 is 0. The summed E-state index contributed by atoms with van der Waals surface area (Å²) in [4.78, 5) is 7.57. The molecule has 0 spiro atoms. The Hall–Kier alpha value is -1.55. The van der Waals surface area contributed by atoms with Gasteiger partial charge in [0, 0.05) is 6.54 Å². The molecule has 0 aliphatic carbocycles. The van der Waals surface area contributed by atoms with Gasteiger partial charge in [-0.05, 0) is 25.0 Å². The lowest BCUT2D eigenvalue weighted by molar-refractivity contribution is 0.0265. The van der Waals surface area contributed by atoms with Crippen LogP contribution < -0.4 is 5.32 Å². The molecule has 0 aliphatic heterocycles. The van der Waals surface area contributed by atoms with Crippen LogP contribution in [-0.2, 0) is 0 Å². The van der Waals surface area contributed by atoms with Gasteiger partial charge in [0.05, 0.1) is 16.6 Å².